The monoisotopic (exact) mass is 373 g/mol. The maximum absolute atomic E-state index is 13.0. The summed E-state index contributed by atoms with van der Waals surface area (Å²) in [5.41, 5.74) is 3.95. The number of amides is 1. The second-order valence-electron chi connectivity index (χ2n) is 6.21. The predicted octanol–water partition coefficient (Wildman–Crippen LogP) is 5.05. The molecule has 2 aromatic carbocycles. The quantitative estimate of drug-likeness (QED) is 0.481. The summed E-state index contributed by atoms with van der Waals surface area (Å²) in [5.74, 6) is 0.00798. The second-order valence-corrected chi connectivity index (χ2v) is 7.05. The minimum Gasteiger partial charge on any atom is -0.361 e. The van der Waals surface area contributed by atoms with E-state index in [2.05, 4.69) is 16.5 Å². The molecule has 0 spiro atoms. The molecule has 2 aromatic heterocycles. The number of rotatable bonds is 6. The van der Waals surface area contributed by atoms with Crippen LogP contribution in [0.5, 0.6) is 0 Å². The van der Waals surface area contributed by atoms with Crippen LogP contribution in [0.1, 0.15) is 5.56 Å². The molecule has 0 aliphatic carbocycles. The standard InChI is InChI=1S/C22H19N3OS/c1-2-12-25(22-24-20(15-27-22)16-8-4-3-5-9-16)21(26)13-17-14-23-19-11-7-6-10-18(17)19/h2-11,14-15,23H,1,12-13H2. The minimum absolute atomic E-state index is 0.00798. The molecule has 4 rings (SSSR count). The average Bonchev–Trinajstić information content (AvgIpc) is 3.35. The zero-order chi connectivity index (χ0) is 18.6. The van der Waals surface area contributed by atoms with Gasteiger partial charge in [0.2, 0.25) is 5.91 Å². The lowest BCUT2D eigenvalue weighted by atomic mass is 10.1. The van der Waals surface area contributed by atoms with Gasteiger partial charge in [0.1, 0.15) is 0 Å². The largest absolute Gasteiger partial charge is 0.361 e. The van der Waals surface area contributed by atoms with Crippen molar-refractivity contribution in [1.29, 1.82) is 0 Å². The Morgan fingerprint density at radius 3 is 2.74 bits per heavy atom. The molecule has 0 atom stereocenters. The number of carbonyl (C=O) groups excluding carboxylic acids is 1. The Morgan fingerprint density at radius 1 is 1.15 bits per heavy atom. The molecule has 27 heavy (non-hydrogen) atoms. The number of aromatic amines is 1. The van der Waals surface area contributed by atoms with Gasteiger partial charge in [0.25, 0.3) is 0 Å². The zero-order valence-electron chi connectivity index (χ0n) is 14.8. The van der Waals surface area contributed by atoms with Gasteiger partial charge in [-0.2, -0.15) is 0 Å². The van der Waals surface area contributed by atoms with Gasteiger partial charge in [-0.05, 0) is 11.6 Å². The lowest BCUT2D eigenvalue weighted by Gasteiger charge is -2.17. The zero-order valence-corrected chi connectivity index (χ0v) is 15.6. The van der Waals surface area contributed by atoms with E-state index in [4.69, 9.17) is 0 Å². The first-order chi connectivity index (χ1) is 13.3. The summed E-state index contributed by atoms with van der Waals surface area (Å²) < 4.78 is 0. The maximum atomic E-state index is 13.0. The molecule has 0 unspecified atom stereocenters. The fraction of sp³-hybridized carbons (Fsp3) is 0.0909. The molecule has 4 nitrogen and oxygen atoms in total. The number of hydrogen-bond donors (Lipinski definition) is 1. The van der Waals surface area contributed by atoms with Crippen molar-refractivity contribution in [2.75, 3.05) is 11.4 Å². The van der Waals surface area contributed by atoms with Crippen molar-refractivity contribution in [3.8, 4) is 11.3 Å². The minimum atomic E-state index is 0.00798. The molecule has 134 valence electrons. The lowest BCUT2D eigenvalue weighted by Crippen LogP contribution is -2.32. The Balaban J connectivity index is 1.60. The van der Waals surface area contributed by atoms with E-state index in [0.29, 0.717) is 18.1 Å². The lowest BCUT2D eigenvalue weighted by molar-refractivity contribution is -0.117. The van der Waals surface area contributed by atoms with Gasteiger partial charge in [-0.1, -0.05) is 54.6 Å². The number of carbonyl (C=O) groups is 1. The van der Waals surface area contributed by atoms with Gasteiger partial charge in [0.05, 0.1) is 12.1 Å². The number of fused-ring (bicyclic) bond motifs is 1. The molecule has 0 aliphatic heterocycles. The molecule has 0 bridgehead atoms. The van der Waals surface area contributed by atoms with E-state index in [-0.39, 0.29) is 5.91 Å². The van der Waals surface area contributed by atoms with Crippen LogP contribution in [-0.4, -0.2) is 22.4 Å². The van der Waals surface area contributed by atoms with Crippen LogP contribution in [0, 0.1) is 0 Å². The fourth-order valence-electron chi connectivity index (χ4n) is 3.08. The van der Waals surface area contributed by atoms with Gasteiger partial charge in [-0.15, -0.1) is 17.9 Å². The van der Waals surface area contributed by atoms with Crippen LogP contribution in [0.15, 0.2) is 78.8 Å². The van der Waals surface area contributed by atoms with Crippen molar-refractivity contribution in [3.63, 3.8) is 0 Å². The number of anilines is 1. The summed E-state index contributed by atoms with van der Waals surface area (Å²) in [6.45, 7) is 4.23. The Hall–Kier alpha value is -3.18. The first-order valence-corrected chi connectivity index (χ1v) is 9.61. The van der Waals surface area contributed by atoms with Crippen molar-refractivity contribution >= 4 is 33.3 Å². The first-order valence-electron chi connectivity index (χ1n) is 8.73. The third-order valence-electron chi connectivity index (χ3n) is 4.42. The van der Waals surface area contributed by atoms with Crippen LogP contribution in [0.3, 0.4) is 0 Å². The van der Waals surface area contributed by atoms with E-state index in [1.807, 2.05) is 66.2 Å². The van der Waals surface area contributed by atoms with Crippen LogP contribution < -0.4 is 4.90 Å². The average molecular weight is 373 g/mol. The van der Waals surface area contributed by atoms with Crippen molar-refractivity contribution in [2.45, 2.75) is 6.42 Å². The number of nitrogens with one attached hydrogen (secondary N) is 1. The number of benzene rings is 2. The summed E-state index contributed by atoms with van der Waals surface area (Å²) in [6, 6.07) is 18.0. The Bertz CT molecular complexity index is 1080. The highest BCUT2D eigenvalue weighted by Gasteiger charge is 2.20. The van der Waals surface area contributed by atoms with E-state index >= 15 is 0 Å². The maximum Gasteiger partial charge on any atom is 0.233 e. The predicted molar refractivity (Wildman–Crippen MR) is 112 cm³/mol. The number of nitrogens with zero attached hydrogens (tertiary/aromatic N) is 2. The molecule has 0 fully saturated rings. The summed E-state index contributed by atoms with van der Waals surface area (Å²) in [6.07, 6.45) is 3.96. The van der Waals surface area contributed by atoms with E-state index < -0.39 is 0 Å². The fourth-order valence-corrected chi connectivity index (χ4v) is 3.94. The molecule has 2 heterocycles. The van der Waals surface area contributed by atoms with E-state index in [9.17, 15) is 4.79 Å². The van der Waals surface area contributed by atoms with Gasteiger partial charge >= 0.3 is 0 Å². The van der Waals surface area contributed by atoms with E-state index in [0.717, 1.165) is 27.7 Å². The van der Waals surface area contributed by atoms with Crippen molar-refractivity contribution < 1.29 is 4.79 Å². The van der Waals surface area contributed by atoms with Gasteiger partial charge in [0, 0.05) is 34.6 Å². The highest BCUT2D eigenvalue weighted by Crippen LogP contribution is 2.28. The number of H-pyrrole nitrogens is 1. The first kappa shape index (κ1) is 17.2. The third kappa shape index (κ3) is 3.55. The van der Waals surface area contributed by atoms with E-state index in [1.165, 1.54) is 11.3 Å². The second kappa shape index (κ2) is 7.60. The van der Waals surface area contributed by atoms with Crippen molar-refractivity contribution in [3.05, 3.63) is 84.4 Å². The molecule has 0 saturated carbocycles. The van der Waals surface area contributed by atoms with Crippen LogP contribution in [0.4, 0.5) is 5.13 Å². The van der Waals surface area contributed by atoms with Gasteiger partial charge in [-0.25, -0.2) is 4.98 Å². The summed E-state index contributed by atoms with van der Waals surface area (Å²) in [4.78, 5) is 22.6. The molecule has 0 radical (unpaired) electrons. The van der Waals surface area contributed by atoms with Crippen LogP contribution in [0.2, 0.25) is 0 Å². The van der Waals surface area contributed by atoms with Crippen LogP contribution in [0.25, 0.3) is 22.2 Å². The molecular formula is C22H19N3OS. The Kier molecular flexibility index (Phi) is 4.85. The van der Waals surface area contributed by atoms with Gasteiger partial charge < -0.3 is 4.98 Å². The number of para-hydroxylation sites is 1. The molecule has 4 aromatic rings. The van der Waals surface area contributed by atoms with Crippen LogP contribution >= 0.6 is 11.3 Å². The Labute approximate surface area is 161 Å². The van der Waals surface area contributed by atoms with Gasteiger partial charge in [-0.3, -0.25) is 9.69 Å². The molecular weight excluding hydrogens is 354 g/mol. The summed E-state index contributed by atoms with van der Waals surface area (Å²) in [7, 11) is 0. The highest BCUT2D eigenvalue weighted by molar-refractivity contribution is 7.14. The molecule has 1 N–H and O–H groups in total. The number of aromatic nitrogens is 2. The smallest absolute Gasteiger partial charge is 0.233 e. The highest BCUT2D eigenvalue weighted by atomic mass is 32.1. The topological polar surface area (TPSA) is 49.0 Å². The number of hydrogen-bond acceptors (Lipinski definition) is 3. The van der Waals surface area contributed by atoms with Crippen LogP contribution in [-0.2, 0) is 11.2 Å². The normalized spacial score (nSPS) is 10.8. The summed E-state index contributed by atoms with van der Waals surface area (Å²) >= 11 is 1.48. The van der Waals surface area contributed by atoms with Crippen molar-refractivity contribution in [2.24, 2.45) is 0 Å². The molecule has 5 heteroatoms. The third-order valence-corrected chi connectivity index (χ3v) is 5.29. The van der Waals surface area contributed by atoms with Crippen molar-refractivity contribution in [1.82, 2.24) is 9.97 Å². The summed E-state index contributed by atoms with van der Waals surface area (Å²) in [5, 5.41) is 3.76. The van der Waals surface area contributed by atoms with Gasteiger partial charge in [0.15, 0.2) is 5.13 Å². The molecule has 0 saturated heterocycles. The van der Waals surface area contributed by atoms with E-state index in [1.54, 1.807) is 11.0 Å². The molecule has 1 amide bonds. The molecule has 0 aliphatic rings. The number of thiazole rings is 1. The Morgan fingerprint density at radius 2 is 1.93 bits per heavy atom. The SMILES string of the molecule is C=CCN(C(=O)Cc1c[nH]c2ccccc12)c1nc(-c2ccccc2)cs1.